The zero-order valence-electron chi connectivity index (χ0n) is 5.29. The van der Waals surface area contributed by atoms with E-state index in [1.54, 1.807) is 0 Å². The van der Waals surface area contributed by atoms with Gasteiger partial charge in [0, 0.05) is 0 Å². The average molecular weight is 171 g/mol. The molecule has 10 heavy (non-hydrogen) atoms. The second-order valence-corrected chi connectivity index (χ2v) is 2.84. The first-order chi connectivity index (χ1) is 4.74. The standard InChI is InChI=1S/C5H5N3S2/c1-3-4(7-2-9)10-5(6)8-3/h1H3,(H2,6,8). The molecule has 0 amide bonds. The lowest BCUT2D eigenvalue weighted by molar-refractivity contribution is 1.26. The summed E-state index contributed by atoms with van der Waals surface area (Å²) < 4.78 is 0. The van der Waals surface area contributed by atoms with Crippen molar-refractivity contribution in [1.82, 2.24) is 4.98 Å². The maximum Gasteiger partial charge on any atom is 0.182 e. The number of nitrogens with zero attached hydrogens (tertiary/aromatic N) is 2. The predicted octanol–water partition coefficient (Wildman–Crippen LogP) is 1.77. The van der Waals surface area contributed by atoms with Crippen molar-refractivity contribution in [3.63, 3.8) is 0 Å². The molecule has 0 saturated heterocycles. The van der Waals surface area contributed by atoms with Crippen LogP contribution in [0, 0.1) is 6.92 Å². The number of hydrogen-bond donors (Lipinski definition) is 1. The Balaban J connectivity index is 3.14. The number of isothiocyanates is 1. The molecule has 0 radical (unpaired) electrons. The Labute approximate surface area is 67.6 Å². The molecule has 0 aliphatic heterocycles. The van der Waals surface area contributed by atoms with Crippen molar-refractivity contribution in [3.05, 3.63) is 5.69 Å². The SMILES string of the molecule is Cc1nc(N)sc1N=C=S. The summed E-state index contributed by atoms with van der Waals surface area (Å²) in [7, 11) is 0. The molecule has 5 heteroatoms. The summed E-state index contributed by atoms with van der Waals surface area (Å²) in [5.74, 6) is 0. The van der Waals surface area contributed by atoms with Gasteiger partial charge >= 0.3 is 0 Å². The number of aryl methyl sites for hydroxylation is 1. The summed E-state index contributed by atoms with van der Waals surface area (Å²) in [6.45, 7) is 1.83. The van der Waals surface area contributed by atoms with Gasteiger partial charge in [-0.1, -0.05) is 11.3 Å². The van der Waals surface area contributed by atoms with E-state index in [1.807, 2.05) is 6.92 Å². The van der Waals surface area contributed by atoms with Crippen LogP contribution in [0.2, 0.25) is 0 Å². The minimum absolute atomic E-state index is 0.515. The minimum atomic E-state index is 0.515. The first-order valence-electron chi connectivity index (χ1n) is 2.55. The third kappa shape index (κ3) is 1.39. The van der Waals surface area contributed by atoms with Crippen molar-refractivity contribution in [2.24, 2.45) is 4.99 Å². The van der Waals surface area contributed by atoms with Crippen LogP contribution in [0.5, 0.6) is 0 Å². The Morgan fingerprint density at radius 1 is 1.80 bits per heavy atom. The van der Waals surface area contributed by atoms with Gasteiger partial charge in [-0.3, -0.25) is 0 Å². The van der Waals surface area contributed by atoms with Gasteiger partial charge in [0.15, 0.2) is 10.1 Å². The van der Waals surface area contributed by atoms with Gasteiger partial charge in [0.2, 0.25) is 0 Å². The molecule has 0 aliphatic carbocycles. The molecule has 0 aromatic carbocycles. The number of aliphatic imine (C=N–C) groups is 1. The summed E-state index contributed by atoms with van der Waals surface area (Å²) in [4.78, 5) is 7.71. The molecule has 0 atom stereocenters. The molecule has 52 valence electrons. The maximum atomic E-state index is 5.40. The van der Waals surface area contributed by atoms with E-state index < -0.39 is 0 Å². The second kappa shape index (κ2) is 2.88. The van der Waals surface area contributed by atoms with Gasteiger partial charge in [-0.2, -0.15) is 4.99 Å². The molecule has 0 fully saturated rings. The van der Waals surface area contributed by atoms with Crippen LogP contribution >= 0.6 is 23.6 Å². The van der Waals surface area contributed by atoms with Crippen LogP contribution in [0.15, 0.2) is 4.99 Å². The topological polar surface area (TPSA) is 51.3 Å². The Kier molecular flexibility index (Phi) is 2.11. The van der Waals surface area contributed by atoms with Gasteiger partial charge in [0.25, 0.3) is 0 Å². The molecule has 0 saturated carbocycles. The second-order valence-electron chi connectivity index (χ2n) is 1.65. The number of hydrogen-bond acceptors (Lipinski definition) is 5. The Bertz CT molecular complexity index is 285. The minimum Gasteiger partial charge on any atom is -0.375 e. The van der Waals surface area contributed by atoms with Crippen LogP contribution in [0.4, 0.5) is 10.1 Å². The first-order valence-corrected chi connectivity index (χ1v) is 3.77. The molecule has 0 spiro atoms. The summed E-state index contributed by atoms with van der Waals surface area (Å²) in [6, 6.07) is 0. The number of nitrogen functional groups attached to an aromatic ring is 1. The lowest BCUT2D eigenvalue weighted by Gasteiger charge is -1.78. The summed E-state index contributed by atoms with van der Waals surface area (Å²) in [6.07, 6.45) is 0. The van der Waals surface area contributed by atoms with E-state index in [0.29, 0.717) is 5.13 Å². The third-order valence-electron chi connectivity index (χ3n) is 0.936. The molecule has 1 heterocycles. The van der Waals surface area contributed by atoms with Crippen LogP contribution in [-0.2, 0) is 0 Å². The molecule has 3 nitrogen and oxygen atoms in total. The highest BCUT2D eigenvalue weighted by Gasteiger charge is 2.01. The fourth-order valence-electron chi connectivity index (χ4n) is 0.554. The van der Waals surface area contributed by atoms with Crippen LogP contribution in [0.1, 0.15) is 5.69 Å². The van der Waals surface area contributed by atoms with Crippen LogP contribution in [0.25, 0.3) is 0 Å². The number of anilines is 1. The zero-order valence-corrected chi connectivity index (χ0v) is 6.92. The van der Waals surface area contributed by atoms with E-state index in [4.69, 9.17) is 5.73 Å². The van der Waals surface area contributed by atoms with Gasteiger partial charge in [0.05, 0.1) is 10.9 Å². The monoisotopic (exact) mass is 171 g/mol. The molecule has 0 aliphatic rings. The third-order valence-corrected chi connectivity index (χ3v) is 1.91. The van der Waals surface area contributed by atoms with E-state index in [9.17, 15) is 0 Å². The van der Waals surface area contributed by atoms with Crippen LogP contribution in [-0.4, -0.2) is 10.1 Å². The van der Waals surface area contributed by atoms with Crippen molar-refractivity contribution < 1.29 is 0 Å². The normalized spacial score (nSPS) is 8.90. The van der Waals surface area contributed by atoms with Crippen molar-refractivity contribution >= 4 is 38.8 Å². The highest BCUT2D eigenvalue weighted by molar-refractivity contribution is 7.78. The van der Waals surface area contributed by atoms with E-state index >= 15 is 0 Å². The molecule has 1 rings (SSSR count). The Morgan fingerprint density at radius 3 is 2.90 bits per heavy atom. The fraction of sp³-hybridized carbons (Fsp3) is 0.200. The van der Waals surface area contributed by atoms with Crippen molar-refractivity contribution in [3.8, 4) is 0 Å². The highest BCUT2D eigenvalue weighted by Crippen LogP contribution is 2.27. The van der Waals surface area contributed by atoms with Gasteiger partial charge in [-0.15, -0.1) is 0 Å². The largest absolute Gasteiger partial charge is 0.375 e. The van der Waals surface area contributed by atoms with E-state index in [1.165, 1.54) is 11.3 Å². The van der Waals surface area contributed by atoms with E-state index in [-0.39, 0.29) is 0 Å². The molecule has 1 aromatic rings. The molecule has 0 unspecified atom stereocenters. The smallest absolute Gasteiger partial charge is 0.182 e. The van der Waals surface area contributed by atoms with Crippen molar-refractivity contribution in [2.75, 3.05) is 5.73 Å². The van der Waals surface area contributed by atoms with E-state index in [0.717, 1.165) is 10.7 Å². The molecular weight excluding hydrogens is 166 g/mol. The highest BCUT2D eigenvalue weighted by atomic mass is 32.1. The van der Waals surface area contributed by atoms with Gasteiger partial charge in [-0.05, 0) is 19.1 Å². The predicted molar refractivity (Wildman–Crippen MR) is 45.9 cm³/mol. The maximum absolute atomic E-state index is 5.40. The molecule has 0 bridgehead atoms. The molecule has 1 aromatic heterocycles. The van der Waals surface area contributed by atoms with E-state index in [2.05, 4.69) is 27.4 Å². The Morgan fingerprint density at radius 2 is 2.50 bits per heavy atom. The summed E-state index contributed by atoms with van der Waals surface area (Å²) >= 11 is 5.73. The van der Waals surface area contributed by atoms with Crippen molar-refractivity contribution in [2.45, 2.75) is 6.92 Å². The van der Waals surface area contributed by atoms with Crippen LogP contribution in [0.3, 0.4) is 0 Å². The van der Waals surface area contributed by atoms with Gasteiger partial charge in [-0.25, -0.2) is 4.98 Å². The Hall–Kier alpha value is -0.770. The molecular formula is C5H5N3S2. The number of aromatic nitrogens is 1. The number of nitrogens with two attached hydrogens (primary N) is 1. The molecule has 2 N–H and O–H groups in total. The summed E-state index contributed by atoms with van der Waals surface area (Å²) in [5.41, 5.74) is 6.20. The summed E-state index contributed by atoms with van der Waals surface area (Å²) in [5, 5.41) is 3.52. The lowest BCUT2D eigenvalue weighted by atomic mass is 10.5. The van der Waals surface area contributed by atoms with Gasteiger partial charge in [0.1, 0.15) is 0 Å². The van der Waals surface area contributed by atoms with Crippen LogP contribution < -0.4 is 5.73 Å². The van der Waals surface area contributed by atoms with Crippen molar-refractivity contribution in [1.29, 1.82) is 0 Å². The van der Waals surface area contributed by atoms with Gasteiger partial charge < -0.3 is 5.73 Å². The first kappa shape index (κ1) is 7.34. The number of thiocarbonyl (C=S) groups is 1. The quantitative estimate of drug-likeness (QED) is 0.517. The average Bonchev–Trinajstić information content (AvgIpc) is 2.13. The number of rotatable bonds is 1. The zero-order chi connectivity index (χ0) is 7.56. The number of thiazole rings is 1. The lowest BCUT2D eigenvalue weighted by Crippen LogP contribution is -1.80. The fourth-order valence-corrected chi connectivity index (χ4v) is 1.37.